The van der Waals surface area contributed by atoms with E-state index < -0.39 is 0 Å². The third-order valence-corrected chi connectivity index (χ3v) is 4.07. The summed E-state index contributed by atoms with van der Waals surface area (Å²) in [5, 5.41) is 0. The highest BCUT2D eigenvalue weighted by Gasteiger charge is 2.15. The molecule has 18 heavy (non-hydrogen) atoms. The molecule has 0 aliphatic carbocycles. The molecule has 0 spiro atoms. The van der Waals surface area contributed by atoms with Crippen molar-refractivity contribution < 1.29 is 4.79 Å². The summed E-state index contributed by atoms with van der Waals surface area (Å²) in [6, 6.07) is 5.56. The quantitative estimate of drug-likeness (QED) is 0.915. The average Bonchev–Trinajstić information content (AvgIpc) is 2.34. The largest absolute Gasteiger partial charge is 0.366 e. The normalized spacial score (nSPS) is 17.9. The minimum Gasteiger partial charge on any atom is -0.366 e. The fourth-order valence-corrected chi connectivity index (χ4v) is 2.58. The summed E-state index contributed by atoms with van der Waals surface area (Å²) in [5.41, 5.74) is 7.00. The second-order valence-corrected chi connectivity index (χ2v) is 5.60. The van der Waals surface area contributed by atoms with E-state index >= 15 is 0 Å². The first-order valence-corrected chi connectivity index (χ1v) is 6.84. The minimum atomic E-state index is -0.387. The molecule has 2 rings (SSSR count). The maximum atomic E-state index is 11.1. The van der Waals surface area contributed by atoms with Gasteiger partial charge in [0.15, 0.2) is 0 Å². The van der Waals surface area contributed by atoms with Crippen molar-refractivity contribution in [2.75, 3.05) is 33.2 Å². The molecule has 1 aromatic rings. The third kappa shape index (κ3) is 3.31. The van der Waals surface area contributed by atoms with Gasteiger partial charge in [-0.05, 0) is 24.7 Å². The lowest BCUT2D eigenvalue weighted by atomic mass is 10.1. The van der Waals surface area contributed by atoms with Gasteiger partial charge in [0.1, 0.15) is 0 Å². The Hall–Kier alpha value is -0.910. The van der Waals surface area contributed by atoms with Crippen molar-refractivity contribution in [3.05, 3.63) is 33.8 Å². The zero-order valence-electron chi connectivity index (χ0n) is 10.5. The molecule has 1 saturated heterocycles. The topological polar surface area (TPSA) is 49.6 Å². The van der Waals surface area contributed by atoms with Gasteiger partial charge in [0.2, 0.25) is 5.91 Å². The van der Waals surface area contributed by atoms with E-state index in [1.54, 1.807) is 12.1 Å². The van der Waals surface area contributed by atoms with Crippen LogP contribution in [0.3, 0.4) is 0 Å². The summed E-state index contributed by atoms with van der Waals surface area (Å²) < 4.78 is 0.956. The Kier molecular flexibility index (Phi) is 4.37. The Morgan fingerprint density at radius 1 is 1.33 bits per heavy atom. The van der Waals surface area contributed by atoms with Gasteiger partial charge in [-0.15, -0.1) is 0 Å². The van der Waals surface area contributed by atoms with Crippen LogP contribution in [0.5, 0.6) is 0 Å². The number of halogens is 1. The fourth-order valence-electron chi connectivity index (χ4n) is 2.08. The van der Waals surface area contributed by atoms with Crippen LogP contribution in [0.2, 0.25) is 0 Å². The number of piperazine rings is 1. The molecule has 98 valence electrons. The summed E-state index contributed by atoms with van der Waals surface area (Å²) in [4.78, 5) is 15.8. The highest BCUT2D eigenvalue weighted by Crippen LogP contribution is 2.20. The number of primary amides is 1. The van der Waals surface area contributed by atoms with Crippen LogP contribution in [0, 0.1) is 0 Å². The molecule has 0 radical (unpaired) electrons. The van der Waals surface area contributed by atoms with Gasteiger partial charge >= 0.3 is 0 Å². The highest BCUT2D eigenvalue weighted by atomic mass is 79.9. The zero-order chi connectivity index (χ0) is 13.1. The van der Waals surface area contributed by atoms with Crippen LogP contribution in [-0.4, -0.2) is 48.9 Å². The van der Waals surface area contributed by atoms with E-state index in [2.05, 4.69) is 32.8 Å². The number of likely N-dealkylation sites (N-methyl/N-ethyl adjacent to an activating group) is 1. The molecular weight excluding hydrogens is 294 g/mol. The number of nitrogens with two attached hydrogens (primary N) is 1. The smallest absolute Gasteiger partial charge is 0.248 e. The molecule has 2 N–H and O–H groups in total. The third-order valence-electron chi connectivity index (χ3n) is 3.33. The molecule has 0 saturated carbocycles. The molecule has 0 aromatic heterocycles. The summed E-state index contributed by atoms with van der Waals surface area (Å²) in [6.07, 6.45) is 0. The van der Waals surface area contributed by atoms with Gasteiger partial charge in [-0.1, -0.05) is 22.0 Å². The number of carbonyl (C=O) groups excluding carboxylic acids is 1. The van der Waals surface area contributed by atoms with E-state index in [9.17, 15) is 4.79 Å². The molecule has 1 aliphatic rings. The molecule has 4 nitrogen and oxygen atoms in total. The Balaban J connectivity index is 2.03. The predicted molar refractivity (Wildman–Crippen MR) is 75.4 cm³/mol. The van der Waals surface area contributed by atoms with Crippen LogP contribution in [0.15, 0.2) is 22.7 Å². The first kappa shape index (κ1) is 13.5. The van der Waals surface area contributed by atoms with E-state index in [-0.39, 0.29) is 5.91 Å². The van der Waals surface area contributed by atoms with Gasteiger partial charge in [-0.2, -0.15) is 0 Å². The second-order valence-electron chi connectivity index (χ2n) is 4.75. The van der Waals surface area contributed by atoms with Crippen molar-refractivity contribution in [3.63, 3.8) is 0 Å². The molecule has 1 amide bonds. The maximum absolute atomic E-state index is 11.1. The number of benzene rings is 1. The molecule has 5 heteroatoms. The van der Waals surface area contributed by atoms with Gasteiger partial charge < -0.3 is 10.6 Å². The fraction of sp³-hybridized carbons (Fsp3) is 0.462. The monoisotopic (exact) mass is 311 g/mol. The van der Waals surface area contributed by atoms with E-state index in [0.29, 0.717) is 5.56 Å². The van der Waals surface area contributed by atoms with Gasteiger partial charge in [0.25, 0.3) is 0 Å². The molecule has 1 fully saturated rings. The molecule has 1 heterocycles. The van der Waals surface area contributed by atoms with Crippen molar-refractivity contribution in [2.24, 2.45) is 5.73 Å². The van der Waals surface area contributed by atoms with Crippen molar-refractivity contribution in [1.29, 1.82) is 0 Å². The van der Waals surface area contributed by atoms with E-state index in [1.165, 1.54) is 5.56 Å². The van der Waals surface area contributed by atoms with Gasteiger partial charge in [0, 0.05) is 42.8 Å². The summed E-state index contributed by atoms with van der Waals surface area (Å²) >= 11 is 3.51. The van der Waals surface area contributed by atoms with Crippen LogP contribution < -0.4 is 5.73 Å². The molecule has 1 aromatic carbocycles. The lowest BCUT2D eigenvalue weighted by molar-refractivity contribution is 0.1000. The first-order valence-electron chi connectivity index (χ1n) is 6.05. The number of carbonyl (C=O) groups is 1. The van der Waals surface area contributed by atoms with Crippen molar-refractivity contribution >= 4 is 21.8 Å². The van der Waals surface area contributed by atoms with Gasteiger partial charge in [0.05, 0.1) is 0 Å². The van der Waals surface area contributed by atoms with Crippen LogP contribution >= 0.6 is 15.9 Å². The second kappa shape index (κ2) is 5.82. The van der Waals surface area contributed by atoms with Crippen LogP contribution in [-0.2, 0) is 6.54 Å². The number of amides is 1. The summed E-state index contributed by atoms with van der Waals surface area (Å²) in [7, 11) is 2.15. The molecular formula is C13H18BrN3O. The molecule has 0 bridgehead atoms. The lowest BCUT2D eigenvalue weighted by Crippen LogP contribution is -2.43. The van der Waals surface area contributed by atoms with Gasteiger partial charge in [-0.25, -0.2) is 0 Å². The number of rotatable bonds is 3. The number of hydrogen-bond donors (Lipinski definition) is 1. The minimum absolute atomic E-state index is 0.387. The molecule has 1 aliphatic heterocycles. The van der Waals surface area contributed by atoms with Crippen LogP contribution in [0.4, 0.5) is 0 Å². The first-order chi connectivity index (χ1) is 8.56. The maximum Gasteiger partial charge on any atom is 0.248 e. The predicted octanol–water partition coefficient (Wildman–Crippen LogP) is 1.30. The molecule has 0 atom stereocenters. The standard InChI is InChI=1S/C13H18BrN3O/c1-16-4-6-17(7-5-16)9-11-3-2-10(13(15)18)8-12(11)14/h2-3,8H,4-7,9H2,1H3,(H2,15,18). The Morgan fingerprint density at radius 2 is 2.00 bits per heavy atom. The van der Waals surface area contributed by atoms with E-state index in [4.69, 9.17) is 5.73 Å². The molecule has 0 unspecified atom stereocenters. The van der Waals surface area contributed by atoms with Crippen molar-refractivity contribution in [3.8, 4) is 0 Å². The van der Waals surface area contributed by atoms with Crippen molar-refractivity contribution in [1.82, 2.24) is 9.80 Å². The van der Waals surface area contributed by atoms with E-state index in [1.807, 2.05) is 6.07 Å². The zero-order valence-corrected chi connectivity index (χ0v) is 12.1. The van der Waals surface area contributed by atoms with Crippen LogP contribution in [0.1, 0.15) is 15.9 Å². The van der Waals surface area contributed by atoms with E-state index in [0.717, 1.165) is 37.2 Å². The number of hydrogen-bond acceptors (Lipinski definition) is 3. The van der Waals surface area contributed by atoms with Gasteiger partial charge in [-0.3, -0.25) is 9.69 Å². The summed E-state index contributed by atoms with van der Waals surface area (Å²) in [6.45, 7) is 5.29. The Morgan fingerprint density at radius 3 is 2.56 bits per heavy atom. The highest BCUT2D eigenvalue weighted by molar-refractivity contribution is 9.10. The number of nitrogens with zero attached hydrogens (tertiary/aromatic N) is 2. The Bertz CT molecular complexity index is 442. The average molecular weight is 312 g/mol. The Labute approximate surface area is 116 Å². The SMILES string of the molecule is CN1CCN(Cc2ccc(C(N)=O)cc2Br)CC1. The van der Waals surface area contributed by atoms with Crippen molar-refractivity contribution in [2.45, 2.75) is 6.54 Å². The lowest BCUT2D eigenvalue weighted by Gasteiger charge is -2.32. The summed E-state index contributed by atoms with van der Waals surface area (Å²) in [5.74, 6) is -0.387. The van der Waals surface area contributed by atoms with Crippen LogP contribution in [0.25, 0.3) is 0 Å².